The van der Waals surface area contributed by atoms with Crippen LogP contribution >= 0.6 is 0 Å². The fraction of sp³-hybridized carbons (Fsp3) is 0.438. The first-order valence-corrected chi connectivity index (χ1v) is 7.10. The number of furan rings is 1. The van der Waals surface area contributed by atoms with Gasteiger partial charge < -0.3 is 15.1 Å². The highest BCUT2D eigenvalue weighted by Crippen LogP contribution is 2.27. The molecule has 1 amide bonds. The van der Waals surface area contributed by atoms with Crippen LogP contribution in [0.3, 0.4) is 0 Å². The third kappa shape index (κ3) is 2.10. The standard InChI is InChI=1S/C16H20N2O2/c1-10-4-3-5-13-7-14(20-15(10)13)16(19)18-9-12(8-17)6-11(18)2/h3-5,7,11-12H,6,8-9,17H2,1-2H3. The van der Waals surface area contributed by atoms with Crippen molar-refractivity contribution in [2.75, 3.05) is 13.1 Å². The van der Waals surface area contributed by atoms with Crippen molar-refractivity contribution in [2.24, 2.45) is 11.7 Å². The van der Waals surface area contributed by atoms with Crippen molar-refractivity contribution in [1.29, 1.82) is 0 Å². The van der Waals surface area contributed by atoms with Gasteiger partial charge in [0.15, 0.2) is 5.76 Å². The highest BCUT2D eigenvalue weighted by Gasteiger charge is 2.33. The minimum atomic E-state index is -0.0240. The van der Waals surface area contributed by atoms with Crippen LogP contribution in [0.4, 0.5) is 0 Å². The van der Waals surface area contributed by atoms with Gasteiger partial charge in [-0.3, -0.25) is 4.79 Å². The molecule has 2 heterocycles. The predicted molar refractivity (Wildman–Crippen MR) is 78.6 cm³/mol. The zero-order valence-corrected chi connectivity index (χ0v) is 11.9. The van der Waals surface area contributed by atoms with Crippen LogP contribution in [0, 0.1) is 12.8 Å². The highest BCUT2D eigenvalue weighted by molar-refractivity contribution is 5.97. The van der Waals surface area contributed by atoms with Crippen molar-refractivity contribution in [3.63, 3.8) is 0 Å². The van der Waals surface area contributed by atoms with Gasteiger partial charge in [0.1, 0.15) is 5.58 Å². The van der Waals surface area contributed by atoms with E-state index in [0.717, 1.165) is 29.5 Å². The van der Waals surface area contributed by atoms with Gasteiger partial charge >= 0.3 is 0 Å². The Balaban J connectivity index is 1.91. The van der Waals surface area contributed by atoms with Crippen molar-refractivity contribution >= 4 is 16.9 Å². The first kappa shape index (κ1) is 13.2. The lowest BCUT2D eigenvalue weighted by molar-refractivity contribution is 0.0713. The molecule has 2 aromatic rings. The first-order valence-electron chi connectivity index (χ1n) is 7.10. The first-order chi connectivity index (χ1) is 9.60. The fourth-order valence-corrected chi connectivity index (χ4v) is 3.05. The van der Waals surface area contributed by atoms with Gasteiger partial charge in [-0.2, -0.15) is 0 Å². The minimum absolute atomic E-state index is 0.0240. The third-order valence-corrected chi connectivity index (χ3v) is 4.21. The monoisotopic (exact) mass is 272 g/mol. The Hall–Kier alpha value is -1.81. The summed E-state index contributed by atoms with van der Waals surface area (Å²) in [5.41, 5.74) is 7.57. The molecule has 1 saturated heterocycles. The number of hydrogen-bond donors (Lipinski definition) is 1. The number of likely N-dealkylation sites (tertiary alicyclic amines) is 1. The molecule has 0 saturated carbocycles. The zero-order valence-electron chi connectivity index (χ0n) is 11.9. The second-order valence-electron chi connectivity index (χ2n) is 5.75. The number of carbonyl (C=O) groups is 1. The van der Waals surface area contributed by atoms with Crippen LogP contribution in [-0.4, -0.2) is 29.9 Å². The Morgan fingerprint density at radius 2 is 2.30 bits per heavy atom. The molecule has 1 aromatic carbocycles. The summed E-state index contributed by atoms with van der Waals surface area (Å²) in [4.78, 5) is 14.5. The van der Waals surface area contributed by atoms with Crippen molar-refractivity contribution in [2.45, 2.75) is 26.3 Å². The number of fused-ring (bicyclic) bond motifs is 1. The van der Waals surface area contributed by atoms with E-state index in [1.54, 1.807) is 0 Å². The van der Waals surface area contributed by atoms with Gasteiger partial charge in [0, 0.05) is 18.0 Å². The summed E-state index contributed by atoms with van der Waals surface area (Å²) in [6, 6.07) is 8.00. The van der Waals surface area contributed by atoms with Crippen LogP contribution in [-0.2, 0) is 0 Å². The van der Waals surface area contributed by atoms with E-state index in [1.807, 2.05) is 36.1 Å². The molecule has 4 heteroatoms. The van der Waals surface area contributed by atoms with Gasteiger partial charge in [0.25, 0.3) is 5.91 Å². The SMILES string of the molecule is Cc1cccc2cc(C(=O)N3CC(CN)CC3C)oc12. The summed E-state index contributed by atoms with van der Waals surface area (Å²) in [6.07, 6.45) is 0.974. The number of nitrogens with two attached hydrogens (primary N) is 1. The Labute approximate surface area is 118 Å². The maximum atomic E-state index is 12.6. The Morgan fingerprint density at radius 1 is 1.50 bits per heavy atom. The fourth-order valence-electron chi connectivity index (χ4n) is 3.05. The lowest BCUT2D eigenvalue weighted by Gasteiger charge is -2.19. The summed E-state index contributed by atoms with van der Waals surface area (Å²) in [6.45, 7) is 5.42. The van der Waals surface area contributed by atoms with E-state index in [0.29, 0.717) is 18.2 Å². The second-order valence-corrected chi connectivity index (χ2v) is 5.75. The van der Waals surface area contributed by atoms with E-state index in [9.17, 15) is 4.79 Å². The van der Waals surface area contributed by atoms with Gasteiger partial charge in [0.2, 0.25) is 0 Å². The van der Waals surface area contributed by atoms with E-state index >= 15 is 0 Å². The van der Waals surface area contributed by atoms with Gasteiger partial charge in [0.05, 0.1) is 0 Å². The molecule has 1 aromatic heterocycles. The molecule has 1 aliphatic rings. The number of para-hydroxylation sites is 1. The topological polar surface area (TPSA) is 59.5 Å². The third-order valence-electron chi connectivity index (χ3n) is 4.21. The molecule has 106 valence electrons. The Kier molecular flexibility index (Phi) is 3.26. The molecule has 3 rings (SSSR count). The average Bonchev–Trinajstić information content (AvgIpc) is 3.02. The minimum Gasteiger partial charge on any atom is -0.451 e. The molecule has 1 aliphatic heterocycles. The molecule has 1 fully saturated rings. The molecule has 20 heavy (non-hydrogen) atoms. The normalized spacial score (nSPS) is 22.6. The van der Waals surface area contributed by atoms with Crippen molar-refractivity contribution < 1.29 is 9.21 Å². The van der Waals surface area contributed by atoms with E-state index in [-0.39, 0.29) is 11.9 Å². The average molecular weight is 272 g/mol. The van der Waals surface area contributed by atoms with E-state index in [4.69, 9.17) is 10.2 Å². The van der Waals surface area contributed by atoms with Crippen molar-refractivity contribution in [1.82, 2.24) is 4.90 Å². The van der Waals surface area contributed by atoms with Crippen molar-refractivity contribution in [3.05, 3.63) is 35.6 Å². The lowest BCUT2D eigenvalue weighted by atomic mass is 10.1. The molecule has 0 bridgehead atoms. The maximum Gasteiger partial charge on any atom is 0.289 e. The smallest absolute Gasteiger partial charge is 0.289 e. The van der Waals surface area contributed by atoms with Gasteiger partial charge in [-0.05, 0) is 44.4 Å². The Bertz CT molecular complexity index is 647. The summed E-state index contributed by atoms with van der Waals surface area (Å²) >= 11 is 0. The summed E-state index contributed by atoms with van der Waals surface area (Å²) in [7, 11) is 0. The summed E-state index contributed by atoms with van der Waals surface area (Å²) in [5.74, 6) is 0.808. The molecule has 0 spiro atoms. The molecular formula is C16H20N2O2. The summed E-state index contributed by atoms with van der Waals surface area (Å²) in [5, 5.41) is 0.982. The molecule has 4 nitrogen and oxygen atoms in total. The quantitative estimate of drug-likeness (QED) is 0.914. The van der Waals surface area contributed by atoms with Crippen LogP contribution in [0.15, 0.2) is 28.7 Å². The number of hydrogen-bond acceptors (Lipinski definition) is 3. The van der Waals surface area contributed by atoms with Crippen LogP contribution in [0.2, 0.25) is 0 Å². The van der Waals surface area contributed by atoms with Gasteiger partial charge in [-0.15, -0.1) is 0 Å². The maximum absolute atomic E-state index is 12.6. The Morgan fingerprint density at radius 3 is 2.95 bits per heavy atom. The second kappa shape index (κ2) is 4.94. The number of amides is 1. The van der Waals surface area contributed by atoms with E-state index < -0.39 is 0 Å². The molecule has 0 radical (unpaired) electrons. The van der Waals surface area contributed by atoms with E-state index in [1.165, 1.54) is 0 Å². The van der Waals surface area contributed by atoms with Crippen LogP contribution < -0.4 is 5.73 Å². The largest absolute Gasteiger partial charge is 0.451 e. The molecule has 2 unspecified atom stereocenters. The molecular weight excluding hydrogens is 252 g/mol. The number of rotatable bonds is 2. The molecule has 2 atom stereocenters. The van der Waals surface area contributed by atoms with Gasteiger partial charge in [-0.1, -0.05) is 18.2 Å². The van der Waals surface area contributed by atoms with Crippen LogP contribution in [0.1, 0.15) is 29.5 Å². The van der Waals surface area contributed by atoms with Gasteiger partial charge in [-0.25, -0.2) is 0 Å². The number of nitrogens with zero attached hydrogens (tertiary/aromatic N) is 1. The molecule has 2 N–H and O–H groups in total. The molecule has 0 aliphatic carbocycles. The van der Waals surface area contributed by atoms with Crippen LogP contribution in [0.25, 0.3) is 11.0 Å². The van der Waals surface area contributed by atoms with Crippen LogP contribution in [0.5, 0.6) is 0 Å². The lowest BCUT2D eigenvalue weighted by Crippen LogP contribution is -2.34. The van der Waals surface area contributed by atoms with Crippen molar-refractivity contribution in [3.8, 4) is 0 Å². The number of carbonyl (C=O) groups excluding carboxylic acids is 1. The zero-order chi connectivity index (χ0) is 14.3. The number of aryl methyl sites for hydroxylation is 1. The summed E-state index contributed by atoms with van der Waals surface area (Å²) < 4.78 is 5.77. The highest BCUT2D eigenvalue weighted by atomic mass is 16.3. The number of benzene rings is 1. The van der Waals surface area contributed by atoms with E-state index in [2.05, 4.69) is 6.92 Å². The predicted octanol–water partition coefficient (Wildman–Crippen LogP) is 2.55.